The van der Waals surface area contributed by atoms with Crippen molar-refractivity contribution in [2.45, 2.75) is 16.9 Å². The van der Waals surface area contributed by atoms with E-state index in [1.54, 1.807) is 36.0 Å². The number of rotatable bonds is 4. The summed E-state index contributed by atoms with van der Waals surface area (Å²) in [5.74, 6) is 0.733. The SMILES string of the molecule is CSc1ccc(Cl)cc1NS(=O)c1ccc(C)o1. The van der Waals surface area contributed by atoms with Crippen molar-refractivity contribution in [3.05, 3.63) is 41.1 Å². The summed E-state index contributed by atoms with van der Waals surface area (Å²) in [5, 5.41) is 1.00. The highest BCUT2D eigenvalue weighted by molar-refractivity contribution is 7.98. The third-order valence-corrected chi connectivity index (χ3v) is 4.28. The van der Waals surface area contributed by atoms with Crippen molar-refractivity contribution >= 4 is 40.0 Å². The maximum Gasteiger partial charge on any atom is 0.211 e. The third kappa shape index (κ3) is 3.10. The molecule has 3 nitrogen and oxygen atoms in total. The van der Waals surface area contributed by atoms with E-state index in [0.717, 1.165) is 16.3 Å². The van der Waals surface area contributed by atoms with Gasteiger partial charge in [0.15, 0.2) is 11.0 Å². The van der Waals surface area contributed by atoms with Gasteiger partial charge in [0.1, 0.15) is 5.76 Å². The van der Waals surface area contributed by atoms with Crippen molar-refractivity contribution in [1.82, 2.24) is 0 Å². The van der Waals surface area contributed by atoms with Crippen LogP contribution in [0.3, 0.4) is 0 Å². The van der Waals surface area contributed by atoms with Gasteiger partial charge in [0.2, 0.25) is 5.09 Å². The molecule has 1 aromatic heterocycles. The Labute approximate surface area is 117 Å². The topological polar surface area (TPSA) is 42.2 Å². The Kier molecular flexibility index (Phi) is 4.37. The molecular weight excluding hydrogens is 290 g/mol. The summed E-state index contributed by atoms with van der Waals surface area (Å²) in [7, 11) is -1.42. The molecule has 0 aliphatic heterocycles. The molecule has 0 saturated heterocycles. The van der Waals surface area contributed by atoms with Crippen molar-refractivity contribution in [3.8, 4) is 0 Å². The van der Waals surface area contributed by atoms with Crippen LogP contribution in [0.4, 0.5) is 5.69 Å². The van der Waals surface area contributed by atoms with Gasteiger partial charge in [-0.2, -0.15) is 0 Å². The van der Waals surface area contributed by atoms with Crippen LogP contribution in [0, 0.1) is 6.92 Å². The fourth-order valence-corrected chi connectivity index (χ4v) is 3.06. The van der Waals surface area contributed by atoms with Crippen molar-refractivity contribution in [1.29, 1.82) is 0 Å². The van der Waals surface area contributed by atoms with Crippen molar-refractivity contribution in [2.24, 2.45) is 0 Å². The fraction of sp³-hybridized carbons (Fsp3) is 0.167. The van der Waals surface area contributed by atoms with Crippen molar-refractivity contribution < 1.29 is 8.63 Å². The molecule has 0 spiro atoms. The monoisotopic (exact) mass is 301 g/mol. The van der Waals surface area contributed by atoms with Crippen LogP contribution in [0.15, 0.2) is 44.7 Å². The zero-order chi connectivity index (χ0) is 13.1. The molecule has 2 rings (SSSR count). The minimum absolute atomic E-state index is 0.402. The summed E-state index contributed by atoms with van der Waals surface area (Å²) < 4.78 is 20.3. The molecule has 1 unspecified atom stereocenters. The average Bonchev–Trinajstić information content (AvgIpc) is 2.76. The van der Waals surface area contributed by atoms with E-state index in [4.69, 9.17) is 16.0 Å². The zero-order valence-corrected chi connectivity index (χ0v) is 12.3. The van der Waals surface area contributed by atoms with E-state index in [2.05, 4.69) is 4.72 Å². The molecule has 0 fully saturated rings. The van der Waals surface area contributed by atoms with Crippen molar-refractivity contribution in [2.75, 3.05) is 11.0 Å². The maximum atomic E-state index is 12.1. The lowest BCUT2D eigenvalue weighted by Crippen LogP contribution is -2.04. The average molecular weight is 302 g/mol. The predicted molar refractivity (Wildman–Crippen MR) is 76.7 cm³/mol. The molecule has 0 aliphatic rings. The first-order valence-electron chi connectivity index (χ1n) is 5.18. The van der Waals surface area contributed by atoms with E-state index in [1.807, 2.05) is 19.2 Å². The van der Waals surface area contributed by atoms with E-state index in [-0.39, 0.29) is 0 Å². The highest BCUT2D eigenvalue weighted by atomic mass is 35.5. The summed E-state index contributed by atoms with van der Waals surface area (Å²) in [5.41, 5.74) is 0.738. The van der Waals surface area contributed by atoms with E-state index < -0.39 is 11.0 Å². The van der Waals surface area contributed by atoms with Gasteiger partial charge in [0.25, 0.3) is 0 Å². The van der Waals surface area contributed by atoms with Gasteiger partial charge in [-0.05, 0) is 43.5 Å². The standard InChI is InChI=1S/C12H12ClNO2S2/c1-8-3-6-12(16-8)18(15)14-10-7-9(13)4-5-11(10)17-2/h3-7,14H,1-2H3. The van der Waals surface area contributed by atoms with E-state index in [0.29, 0.717) is 10.1 Å². The van der Waals surface area contributed by atoms with Crippen LogP contribution in [0.25, 0.3) is 0 Å². The summed E-state index contributed by atoms with van der Waals surface area (Å²) in [6, 6.07) is 8.92. The molecule has 1 atom stereocenters. The number of hydrogen-bond donors (Lipinski definition) is 1. The molecule has 96 valence electrons. The van der Waals surface area contributed by atoms with E-state index in [9.17, 15) is 4.21 Å². The van der Waals surface area contributed by atoms with Gasteiger partial charge in [0, 0.05) is 9.92 Å². The molecule has 6 heteroatoms. The van der Waals surface area contributed by atoms with Gasteiger partial charge in [-0.3, -0.25) is 4.72 Å². The van der Waals surface area contributed by atoms with Gasteiger partial charge >= 0.3 is 0 Å². The second kappa shape index (κ2) is 5.82. The molecule has 2 aromatic rings. The van der Waals surface area contributed by atoms with Gasteiger partial charge < -0.3 is 4.42 Å². The van der Waals surface area contributed by atoms with Gasteiger partial charge in [0.05, 0.1) is 5.69 Å². The number of hydrogen-bond acceptors (Lipinski definition) is 3. The molecule has 18 heavy (non-hydrogen) atoms. The highest BCUT2D eigenvalue weighted by Gasteiger charge is 2.11. The van der Waals surface area contributed by atoms with Crippen LogP contribution in [-0.2, 0) is 11.0 Å². The lowest BCUT2D eigenvalue weighted by molar-refractivity contribution is 0.442. The number of anilines is 1. The number of aryl methyl sites for hydroxylation is 1. The van der Waals surface area contributed by atoms with Crippen LogP contribution in [-0.4, -0.2) is 10.5 Å². The van der Waals surface area contributed by atoms with Crippen LogP contribution in [0.2, 0.25) is 5.02 Å². The quantitative estimate of drug-likeness (QED) is 0.865. The number of furan rings is 1. The molecule has 1 N–H and O–H groups in total. The molecule has 0 saturated carbocycles. The second-order valence-electron chi connectivity index (χ2n) is 3.58. The van der Waals surface area contributed by atoms with Crippen LogP contribution >= 0.6 is 23.4 Å². The predicted octanol–water partition coefficient (Wildman–Crippen LogP) is 4.10. The smallest absolute Gasteiger partial charge is 0.211 e. The van der Waals surface area contributed by atoms with Gasteiger partial charge in [-0.15, -0.1) is 11.8 Å². The summed E-state index contributed by atoms with van der Waals surface area (Å²) in [4.78, 5) is 0.982. The first-order chi connectivity index (χ1) is 8.60. The van der Waals surface area contributed by atoms with E-state index in [1.165, 1.54) is 0 Å². The largest absolute Gasteiger partial charge is 0.451 e. The number of benzene rings is 1. The molecule has 0 radical (unpaired) electrons. The third-order valence-electron chi connectivity index (χ3n) is 2.26. The normalized spacial score (nSPS) is 12.4. The first-order valence-corrected chi connectivity index (χ1v) is 7.94. The Morgan fingerprint density at radius 3 is 2.72 bits per heavy atom. The molecule has 1 aromatic carbocycles. The first kappa shape index (κ1) is 13.5. The Bertz CT molecular complexity index is 583. The van der Waals surface area contributed by atoms with Crippen LogP contribution in [0.1, 0.15) is 5.76 Å². The highest BCUT2D eigenvalue weighted by Crippen LogP contribution is 2.29. The Hall–Kier alpha value is -0.910. The number of nitrogens with one attached hydrogen (secondary N) is 1. The van der Waals surface area contributed by atoms with Crippen molar-refractivity contribution in [3.63, 3.8) is 0 Å². The fourth-order valence-electron chi connectivity index (χ4n) is 1.42. The second-order valence-corrected chi connectivity index (χ2v) is 6.01. The van der Waals surface area contributed by atoms with E-state index >= 15 is 0 Å². The zero-order valence-electron chi connectivity index (χ0n) is 9.90. The lowest BCUT2D eigenvalue weighted by Gasteiger charge is -2.09. The number of thioether (sulfide) groups is 1. The van der Waals surface area contributed by atoms with Crippen LogP contribution < -0.4 is 4.72 Å². The summed E-state index contributed by atoms with van der Waals surface area (Å²) in [6.07, 6.45) is 1.95. The molecule has 0 bridgehead atoms. The Balaban J connectivity index is 2.23. The number of halogens is 1. The molecule has 1 heterocycles. The summed E-state index contributed by atoms with van der Waals surface area (Å²) in [6.45, 7) is 1.81. The molecule has 0 aliphatic carbocycles. The molecular formula is C12H12ClNO2S2. The molecule has 0 amide bonds. The minimum Gasteiger partial charge on any atom is -0.451 e. The van der Waals surface area contributed by atoms with Crippen LogP contribution in [0.5, 0.6) is 0 Å². The lowest BCUT2D eigenvalue weighted by atomic mass is 10.3. The Morgan fingerprint density at radius 1 is 1.33 bits per heavy atom. The minimum atomic E-state index is -1.42. The van der Waals surface area contributed by atoms with Gasteiger partial charge in [-0.25, -0.2) is 4.21 Å². The van der Waals surface area contributed by atoms with Gasteiger partial charge in [-0.1, -0.05) is 11.6 Å². The summed E-state index contributed by atoms with van der Waals surface area (Å²) >= 11 is 7.50. The maximum absolute atomic E-state index is 12.1. The Morgan fingerprint density at radius 2 is 2.11 bits per heavy atom.